The van der Waals surface area contributed by atoms with Crippen molar-refractivity contribution in [3.63, 3.8) is 0 Å². The molecule has 0 radical (unpaired) electrons. The zero-order valence-corrected chi connectivity index (χ0v) is 16.3. The highest BCUT2D eigenvalue weighted by atomic mass is 35.5. The average molecular weight is 378 g/mol. The molecule has 0 saturated heterocycles. The Morgan fingerprint density at radius 3 is 2.54 bits per heavy atom. The Labute approximate surface area is 148 Å². The number of halogens is 1. The van der Waals surface area contributed by atoms with Crippen LogP contribution in [0.2, 0.25) is 5.02 Å². The van der Waals surface area contributed by atoms with Gasteiger partial charge in [0.15, 0.2) is 0 Å². The van der Waals surface area contributed by atoms with E-state index in [9.17, 15) is 9.36 Å². The minimum absolute atomic E-state index is 0.184. The lowest BCUT2D eigenvalue weighted by Gasteiger charge is -2.23. The summed E-state index contributed by atoms with van der Waals surface area (Å²) in [4.78, 5) is 11.9. The molecule has 0 aliphatic carbocycles. The molecule has 0 aliphatic heterocycles. The van der Waals surface area contributed by atoms with Gasteiger partial charge in [-0.3, -0.25) is 9.36 Å². The maximum absolute atomic E-state index is 13.0. The Kier molecular flexibility index (Phi) is 8.23. The summed E-state index contributed by atoms with van der Waals surface area (Å²) in [5.74, 6) is -0.108. The van der Waals surface area contributed by atoms with Crippen molar-refractivity contribution in [2.24, 2.45) is 0 Å². The number of carbonyl (C=O) groups is 1. The van der Waals surface area contributed by atoms with Gasteiger partial charge < -0.3 is 14.0 Å². The molecule has 1 aromatic rings. The molecule has 8 heteroatoms. The quantitative estimate of drug-likeness (QED) is 0.517. The van der Waals surface area contributed by atoms with Gasteiger partial charge in [-0.25, -0.2) is 5.09 Å². The highest BCUT2D eigenvalue weighted by molar-refractivity contribution is 7.57. The number of benzene rings is 1. The topological polar surface area (TPSA) is 73.9 Å². The van der Waals surface area contributed by atoms with Crippen molar-refractivity contribution in [2.45, 2.75) is 46.3 Å². The van der Waals surface area contributed by atoms with E-state index in [1.165, 1.54) is 7.11 Å². The molecule has 1 unspecified atom stereocenters. The zero-order chi connectivity index (χ0) is 18.3. The molecule has 1 N–H and O–H groups in total. The Balaban J connectivity index is 2.91. The molecule has 0 fully saturated rings. The molecule has 0 heterocycles. The van der Waals surface area contributed by atoms with Crippen molar-refractivity contribution in [3.05, 3.63) is 28.8 Å². The Bertz CT molecular complexity index is 608. The Hall–Kier alpha value is -1.07. The van der Waals surface area contributed by atoms with Crippen molar-refractivity contribution >= 4 is 25.1 Å². The molecular formula is C16H25ClNO5P. The molecule has 0 spiro atoms. The van der Waals surface area contributed by atoms with Gasteiger partial charge >= 0.3 is 13.5 Å². The third-order valence-corrected chi connectivity index (χ3v) is 5.30. The molecule has 0 amide bonds. The van der Waals surface area contributed by atoms with E-state index in [0.29, 0.717) is 10.8 Å². The monoisotopic (exact) mass is 377 g/mol. The van der Waals surface area contributed by atoms with E-state index in [0.717, 1.165) is 12.0 Å². The van der Waals surface area contributed by atoms with Gasteiger partial charge in [0.25, 0.3) is 0 Å². The summed E-state index contributed by atoms with van der Waals surface area (Å²) >= 11 is 6.08. The van der Waals surface area contributed by atoms with Crippen LogP contribution in [0, 0.1) is 0 Å². The van der Waals surface area contributed by atoms with Crippen LogP contribution in [-0.4, -0.2) is 31.6 Å². The van der Waals surface area contributed by atoms with E-state index in [4.69, 9.17) is 25.6 Å². The Morgan fingerprint density at radius 2 is 2.00 bits per heavy atom. The maximum atomic E-state index is 13.0. The average Bonchev–Trinajstić information content (AvgIpc) is 2.48. The van der Waals surface area contributed by atoms with Crippen LogP contribution in [-0.2, 0) is 25.3 Å². The summed E-state index contributed by atoms with van der Waals surface area (Å²) in [6, 6.07) is 4.24. The molecule has 0 aliphatic rings. The van der Waals surface area contributed by atoms with E-state index in [2.05, 4.69) is 5.09 Å². The number of methoxy groups -OCH3 is 1. The maximum Gasteiger partial charge on any atom is 0.342 e. The number of nitrogens with one attached hydrogen (secondary N) is 1. The predicted molar refractivity (Wildman–Crippen MR) is 94.8 cm³/mol. The molecule has 2 atom stereocenters. The van der Waals surface area contributed by atoms with Crippen LogP contribution in [0.25, 0.3) is 0 Å². The molecule has 1 aromatic carbocycles. The fourth-order valence-electron chi connectivity index (χ4n) is 1.99. The molecule has 0 aromatic heterocycles. The molecule has 6 nitrogen and oxygen atoms in total. The molecule has 0 saturated carbocycles. The summed E-state index contributed by atoms with van der Waals surface area (Å²) < 4.78 is 28.7. The zero-order valence-electron chi connectivity index (χ0n) is 14.7. The number of ether oxygens (including phenoxy) is 2. The number of carbonyl (C=O) groups excluding carboxylic acids is 1. The second-order valence-corrected chi connectivity index (χ2v) is 8.08. The predicted octanol–water partition coefficient (Wildman–Crippen LogP) is 4.01. The van der Waals surface area contributed by atoms with Gasteiger partial charge in [0.2, 0.25) is 0 Å². The van der Waals surface area contributed by atoms with E-state index < -0.39 is 19.5 Å². The molecule has 1 rings (SSSR count). The molecule has 24 heavy (non-hydrogen) atoms. The fourth-order valence-corrected chi connectivity index (χ4v) is 3.91. The number of hydrogen-bond donors (Lipinski definition) is 1. The highest BCUT2D eigenvalue weighted by Crippen LogP contribution is 2.44. The summed E-state index contributed by atoms with van der Waals surface area (Å²) in [7, 11) is -2.05. The SMILES string of the molecule is CCc1cc(OP(=O)(COC)N[C@@H](C)C(=O)OC(C)C)ccc1Cl. The van der Waals surface area contributed by atoms with Gasteiger partial charge in [0.05, 0.1) is 6.10 Å². The molecule has 136 valence electrons. The summed E-state index contributed by atoms with van der Waals surface area (Å²) in [5, 5.41) is 3.32. The van der Waals surface area contributed by atoms with Gasteiger partial charge in [-0.2, -0.15) is 0 Å². The number of aryl methyl sites for hydroxylation is 1. The van der Waals surface area contributed by atoms with Crippen molar-refractivity contribution in [1.82, 2.24) is 5.09 Å². The highest BCUT2D eigenvalue weighted by Gasteiger charge is 2.31. The lowest BCUT2D eigenvalue weighted by atomic mass is 10.2. The van der Waals surface area contributed by atoms with Crippen LogP contribution in [0.5, 0.6) is 5.75 Å². The van der Waals surface area contributed by atoms with Gasteiger partial charge in [0, 0.05) is 12.1 Å². The normalized spacial score (nSPS) is 15.0. The van der Waals surface area contributed by atoms with E-state index in [1.807, 2.05) is 6.92 Å². The van der Waals surface area contributed by atoms with Gasteiger partial charge in [-0.1, -0.05) is 18.5 Å². The van der Waals surface area contributed by atoms with Crippen LogP contribution in [0.3, 0.4) is 0 Å². The minimum Gasteiger partial charge on any atom is -0.462 e. The summed E-state index contributed by atoms with van der Waals surface area (Å²) in [6.45, 7) is 7.02. The van der Waals surface area contributed by atoms with Crippen molar-refractivity contribution < 1.29 is 23.4 Å². The first kappa shape index (κ1) is 21.0. The second-order valence-electron chi connectivity index (χ2n) is 5.63. The largest absolute Gasteiger partial charge is 0.462 e. The first-order valence-corrected chi connectivity index (χ1v) is 9.93. The third-order valence-electron chi connectivity index (χ3n) is 3.05. The summed E-state index contributed by atoms with van der Waals surface area (Å²) in [5.41, 5.74) is 0.880. The first-order valence-electron chi connectivity index (χ1n) is 7.75. The van der Waals surface area contributed by atoms with Gasteiger partial charge in [0.1, 0.15) is 18.1 Å². The lowest BCUT2D eigenvalue weighted by molar-refractivity contribution is -0.149. The van der Waals surface area contributed by atoms with Crippen LogP contribution >= 0.6 is 19.1 Å². The van der Waals surface area contributed by atoms with Gasteiger partial charge in [-0.05, 0) is 51.0 Å². The second kappa shape index (κ2) is 9.42. The smallest absolute Gasteiger partial charge is 0.342 e. The third kappa shape index (κ3) is 6.44. The van der Waals surface area contributed by atoms with Crippen molar-refractivity contribution in [1.29, 1.82) is 0 Å². The lowest BCUT2D eigenvalue weighted by Crippen LogP contribution is -2.36. The number of hydrogen-bond acceptors (Lipinski definition) is 5. The Morgan fingerprint density at radius 1 is 1.33 bits per heavy atom. The number of rotatable bonds is 9. The minimum atomic E-state index is -3.46. The van der Waals surface area contributed by atoms with Crippen LogP contribution in [0.4, 0.5) is 0 Å². The van der Waals surface area contributed by atoms with Crippen molar-refractivity contribution in [3.8, 4) is 5.75 Å². The molecular weight excluding hydrogens is 353 g/mol. The van der Waals surface area contributed by atoms with Crippen LogP contribution in [0.15, 0.2) is 18.2 Å². The molecule has 0 bridgehead atoms. The standard InChI is InChI=1S/C16H25ClNO5P/c1-6-13-9-14(7-8-15(13)17)23-24(20,10-21-5)18-12(4)16(19)22-11(2)3/h7-9,11-12H,6,10H2,1-5H3,(H,18,20)/t12-,24?/m0/s1. The first-order chi connectivity index (χ1) is 11.2. The van der Waals surface area contributed by atoms with Crippen LogP contribution in [0.1, 0.15) is 33.3 Å². The van der Waals surface area contributed by atoms with Crippen LogP contribution < -0.4 is 9.61 Å². The van der Waals surface area contributed by atoms with E-state index >= 15 is 0 Å². The fraction of sp³-hybridized carbons (Fsp3) is 0.562. The van der Waals surface area contributed by atoms with E-state index in [-0.39, 0.29) is 12.5 Å². The van der Waals surface area contributed by atoms with Gasteiger partial charge in [-0.15, -0.1) is 0 Å². The summed E-state index contributed by atoms with van der Waals surface area (Å²) in [6.07, 6.45) is 0.277. The number of esters is 1. The van der Waals surface area contributed by atoms with E-state index in [1.54, 1.807) is 39.0 Å². The van der Waals surface area contributed by atoms with Crippen molar-refractivity contribution in [2.75, 3.05) is 13.5 Å².